The van der Waals surface area contributed by atoms with E-state index in [1.807, 2.05) is 0 Å². The van der Waals surface area contributed by atoms with Crippen LogP contribution in [0.2, 0.25) is 0 Å². The van der Waals surface area contributed by atoms with Crippen molar-refractivity contribution in [1.82, 2.24) is 4.31 Å². The zero-order valence-electron chi connectivity index (χ0n) is 13.6. The summed E-state index contributed by atoms with van der Waals surface area (Å²) in [7, 11) is -3.42. The molecule has 2 aliphatic carbocycles. The van der Waals surface area contributed by atoms with Gasteiger partial charge in [0.2, 0.25) is 15.9 Å². The van der Waals surface area contributed by atoms with Gasteiger partial charge in [0.25, 0.3) is 0 Å². The Labute approximate surface area is 128 Å². The smallest absolute Gasteiger partial charge is 0.238 e. The second-order valence-electron chi connectivity index (χ2n) is 8.24. The van der Waals surface area contributed by atoms with E-state index in [-0.39, 0.29) is 28.5 Å². The third-order valence-electron chi connectivity index (χ3n) is 6.59. The predicted molar refractivity (Wildman–Crippen MR) is 82.0 cm³/mol. The number of carbonyl (C=O) groups excluding carboxylic acids is 1. The molecule has 1 heterocycles. The summed E-state index contributed by atoms with van der Waals surface area (Å²) in [5.41, 5.74) is -0.151. The number of carbonyl (C=O) groups is 1. The van der Waals surface area contributed by atoms with Crippen molar-refractivity contribution >= 4 is 15.9 Å². The minimum absolute atomic E-state index is 0.0395. The summed E-state index contributed by atoms with van der Waals surface area (Å²) < 4.78 is 26.6. The van der Waals surface area contributed by atoms with E-state index < -0.39 is 10.0 Å². The Kier molecular flexibility index (Phi) is 3.26. The highest BCUT2D eigenvalue weighted by atomic mass is 32.2. The molecule has 3 aliphatic rings. The van der Waals surface area contributed by atoms with E-state index in [0.717, 1.165) is 25.7 Å². The Morgan fingerprint density at radius 2 is 2.00 bits per heavy atom. The van der Waals surface area contributed by atoms with Gasteiger partial charge in [0.05, 0.1) is 11.8 Å². The first-order valence-electron chi connectivity index (χ1n) is 8.17. The molecule has 0 radical (unpaired) electrons. The van der Waals surface area contributed by atoms with Gasteiger partial charge < -0.3 is 0 Å². The number of amides is 1. The van der Waals surface area contributed by atoms with Crippen molar-refractivity contribution in [2.45, 2.75) is 65.8 Å². The molecule has 3 rings (SSSR count). The summed E-state index contributed by atoms with van der Waals surface area (Å²) in [6.45, 7) is 8.55. The molecule has 1 spiro atoms. The van der Waals surface area contributed by atoms with Crippen molar-refractivity contribution in [2.24, 2.45) is 22.7 Å². The number of rotatable bonds is 3. The van der Waals surface area contributed by atoms with Crippen LogP contribution in [-0.4, -0.2) is 30.4 Å². The number of fused-ring (bicyclic) bond motifs is 1. The highest BCUT2D eigenvalue weighted by Gasteiger charge is 2.72. The molecule has 0 aromatic rings. The van der Waals surface area contributed by atoms with Gasteiger partial charge in [0.15, 0.2) is 0 Å². The SMILES string of the molecule is CC(C)CCC(=O)N1[C@@H]2C[C@H]3CC[C@]2(CS1(=O)=O)C3(C)C. The molecule has 2 saturated carbocycles. The van der Waals surface area contributed by atoms with Crippen molar-refractivity contribution in [3.8, 4) is 0 Å². The van der Waals surface area contributed by atoms with E-state index in [2.05, 4.69) is 27.7 Å². The Hall–Kier alpha value is -0.580. The molecule has 3 atom stereocenters. The average Bonchev–Trinajstić information content (AvgIpc) is 2.82. The third-order valence-corrected chi connectivity index (χ3v) is 8.53. The summed E-state index contributed by atoms with van der Waals surface area (Å²) in [4.78, 5) is 12.5. The standard InChI is InChI=1S/C16H27NO3S/c1-11(2)5-6-14(18)17-13-9-12-7-8-16(13,15(12,3)4)10-21(17,19)20/h11-13H,5-10H2,1-4H3/t12-,13-,16-/m1/s1. The van der Waals surface area contributed by atoms with Gasteiger partial charge in [0.1, 0.15) is 0 Å². The predicted octanol–water partition coefficient (Wildman–Crippen LogP) is 2.79. The highest BCUT2D eigenvalue weighted by Crippen LogP contribution is 2.69. The van der Waals surface area contributed by atoms with Gasteiger partial charge in [0, 0.05) is 11.8 Å². The van der Waals surface area contributed by atoms with Gasteiger partial charge >= 0.3 is 0 Å². The van der Waals surface area contributed by atoms with E-state index in [9.17, 15) is 13.2 Å². The van der Waals surface area contributed by atoms with Crippen molar-refractivity contribution in [3.63, 3.8) is 0 Å². The molecule has 5 heteroatoms. The van der Waals surface area contributed by atoms with Gasteiger partial charge in [-0.3, -0.25) is 4.79 Å². The molecule has 2 bridgehead atoms. The second kappa shape index (κ2) is 4.46. The number of sulfonamides is 1. The van der Waals surface area contributed by atoms with E-state index in [4.69, 9.17) is 0 Å². The molecular weight excluding hydrogens is 286 g/mol. The summed E-state index contributed by atoms with van der Waals surface area (Å²) in [6.07, 6.45) is 4.07. The van der Waals surface area contributed by atoms with Crippen molar-refractivity contribution in [2.75, 3.05) is 5.75 Å². The third kappa shape index (κ3) is 1.92. The minimum atomic E-state index is -3.42. The molecule has 0 N–H and O–H groups in total. The van der Waals surface area contributed by atoms with Crippen LogP contribution in [0.5, 0.6) is 0 Å². The van der Waals surface area contributed by atoms with Crippen LogP contribution in [0.4, 0.5) is 0 Å². The van der Waals surface area contributed by atoms with Crippen LogP contribution in [-0.2, 0) is 14.8 Å². The van der Waals surface area contributed by atoms with E-state index in [1.165, 1.54) is 4.31 Å². The maximum absolute atomic E-state index is 12.6. The van der Waals surface area contributed by atoms with Crippen LogP contribution in [0.15, 0.2) is 0 Å². The number of hydrogen-bond donors (Lipinski definition) is 0. The number of hydrogen-bond acceptors (Lipinski definition) is 3. The fraction of sp³-hybridized carbons (Fsp3) is 0.938. The normalized spacial score (nSPS) is 39.0. The molecule has 1 saturated heterocycles. The lowest BCUT2D eigenvalue weighted by Gasteiger charge is -2.37. The lowest BCUT2D eigenvalue weighted by molar-refractivity contribution is -0.129. The van der Waals surface area contributed by atoms with Gasteiger partial charge in [-0.25, -0.2) is 12.7 Å². The summed E-state index contributed by atoms with van der Waals surface area (Å²) in [5, 5.41) is 0. The molecule has 0 aromatic carbocycles. The monoisotopic (exact) mass is 313 g/mol. The van der Waals surface area contributed by atoms with Gasteiger partial charge in [-0.15, -0.1) is 0 Å². The van der Waals surface area contributed by atoms with Crippen LogP contribution in [0, 0.1) is 22.7 Å². The van der Waals surface area contributed by atoms with E-state index in [1.54, 1.807) is 0 Å². The van der Waals surface area contributed by atoms with E-state index in [0.29, 0.717) is 18.3 Å². The summed E-state index contributed by atoms with van der Waals surface area (Å²) in [6, 6.07) is -0.0732. The molecule has 120 valence electrons. The van der Waals surface area contributed by atoms with Gasteiger partial charge in [-0.1, -0.05) is 27.7 Å². The van der Waals surface area contributed by atoms with Crippen molar-refractivity contribution in [1.29, 1.82) is 0 Å². The van der Waals surface area contributed by atoms with Crippen molar-refractivity contribution in [3.05, 3.63) is 0 Å². The van der Waals surface area contributed by atoms with E-state index >= 15 is 0 Å². The molecule has 4 nitrogen and oxygen atoms in total. The average molecular weight is 313 g/mol. The van der Waals surface area contributed by atoms with Crippen LogP contribution in [0.25, 0.3) is 0 Å². The molecule has 3 fully saturated rings. The number of nitrogens with zero attached hydrogens (tertiary/aromatic N) is 1. The fourth-order valence-corrected chi connectivity index (χ4v) is 7.72. The zero-order valence-corrected chi connectivity index (χ0v) is 14.4. The molecule has 21 heavy (non-hydrogen) atoms. The topological polar surface area (TPSA) is 54.5 Å². The van der Waals surface area contributed by atoms with Crippen LogP contribution in [0.1, 0.15) is 59.8 Å². The Morgan fingerprint density at radius 1 is 1.33 bits per heavy atom. The minimum Gasteiger partial charge on any atom is -0.274 e. The Bertz CT molecular complexity index is 566. The zero-order chi connectivity index (χ0) is 15.6. The molecule has 0 unspecified atom stereocenters. The molecule has 1 amide bonds. The van der Waals surface area contributed by atoms with Crippen LogP contribution in [0.3, 0.4) is 0 Å². The lowest BCUT2D eigenvalue weighted by atomic mass is 9.69. The van der Waals surface area contributed by atoms with Crippen molar-refractivity contribution < 1.29 is 13.2 Å². The van der Waals surface area contributed by atoms with Crippen LogP contribution >= 0.6 is 0 Å². The Balaban J connectivity index is 1.91. The van der Waals surface area contributed by atoms with Gasteiger partial charge in [-0.2, -0.15) is 0 Å². The molecular formula is C16H27NO3S. The maximum Gasteiger partial charge on any atom is 0.238 e. The first-order chi connectivity index (χ1) is 9.62. The largest absolute Gasteiger partial charge is 0.274 e. The Morgan fingerprint density at radius 3 is 2.57 bits per heavy atom. The van der Waals surface area contributed by atoms with Gasteiger partial charge in [-0.05, 0) is 42.9 Å². The highest BCUT2D eigenvalue weighted by molar-refractivity contribution is 7.90. The van der Waals surface area contributed by atoms with Crippen LogP contribution < -0.4 is 0 Å². The fourth-order valence-electron chi connectivity index (χ4n) is 5.14. The lowest BCUT2D eigenvalue weighted by Crippen LogP contribution is -2.44. The summed E-state index contributed by atoms with van der Waals surface area (Å²) >= 11 is 0. The molecule has 0 aromatic heterocycles. The summed E-state index contributed by atoms with van der Waals surface area (Å²) in [5.74, 6) is 0.999. The quantitative estimate of drug-likeness (QED) is 0.805. The molecule has 1 aliphatic heterocycles. The second-order valence-corrected chi connectivity index (χ2v) is 10.1. The maximum atomic E-state index is 12.6. The first-order valence-corrected chi connectivity index (χ1v) is 9.78. The first kappa shape index (κ1) is 15.3.